The van der Waals surface area contributed by atoms with E-state index in [1.807, 2.05) is 23.1 Å². The molecule has 1 saturated heterocycles. The Bertz CT molecular complexity index is 901. The van der Waals surface area contributed by atoms with E-state index >= 15 is 0 Å². The highest BCUT2D eigenvalue weighted by Gasteiger charge is 2.33. The molecule has 0 aromatic heterocycles. The van der Waals surface area contributed by atoms with Gasteiger partial charge in [-0.1, -0.05) is 55.3 Å². The maximum atomic E-state index is 13.6. The molecule has 1 amide bonds. The van der Waals surface area contributed by atoms with Crippen LogP contribution in [-0.4, -0.2) is 36.0 Å². The largest absolute Gasteiger partial charge is 0.326 e. The minimum absolute atomic E-state index is 0.119. The molecule has 0 radical (unpaired) electrons. The molecule has 2 aliphatic rings. The molecule has 1 fully saturated rings. The van der Waals surface area contributed by atoms with E-state index in [0.29, 0.717) is 18.6 Å². The fraction of sp³-hybridized carbons (Fsp3) is 0.536. The molecule has 2 aliphatic heterocycles. The second-order valence-corrected chi connectivity index (χ2v) is 9.75. The van der Waals surface area contributed by atoms with Gasteiger partial charge in [0.2, 0.25) is 5.91 Å². The zero-order valence-corrected chi connectivity index (χ0v) is 19.8. The minimum Gasteiger partial charge on any atom is -0.326 e. The van der Waals surface area contributed by atoms with Gasteiger partial charge in [-0.2, -0.15) is 0 Å². The first-order chi connectivity index (χ1) is 15.6. The average molecular weight is 434 g/mol. The normalized spacial score (nSPS) is 23.9. The van der Waals surface area contributed by atoms with Crippen LogP contribution in [-0.2, 0) is 17.8 Å². The average Bonchev–Trinajstić information content (AvgIpc) is 2.81. The number of anilines is 1. The van der Waals surface area contributed by atoms with Gasteiger partial charge < -0.3 is 10.6 Å². The van der Waals surface area contributed by atoms with Gasteiger partial charge in [0, 0.05) is 30.9 Å². The third-order valence-corrected chi connectivity index (χ3v) is 7.53. The maximum absolute atomic E-state index is 13.6. The molecule has 1 unspecified atom stereocenters. The van der Waals surface area contributed by atoms with Crippen LogP contribution in [0.2, 0.25) is 0 Å². The van der Waals surface area contributed by atoms with E-state index in [0.717, 1.165) is 42.6 Å². The van der Waals surface area contributed by atoms with Crippen molar-refractivity contribution in [3.8, 4) is 0 Å². The fourth-order valence-corrected chi connectivity index (χ4v) is 5.65. The van der Waals surface area contributed by atoms with E-state index in [1.165, 1.54) is 37.8 Å². The van der Waals surface area contributed by atoms with Gasteiger partial charge in [0.05, 0.1) is 5.92 Å². The van der Waals surface area contributed by atoms with Gasteiger partial charge in [-0.3, -0.25) is 9.69 Å². The van der Waals surface area contributed by atoms with Crippen molar-refractivity contribution in [2.75, 3.05) is 18.0 Å². The van der Waals surface area contributed by atoms with Crippen LogP contribution >= 0.6 is 0 Å². The zero-order valence-electron chi connectivity index (χ0n) is 19.8. The van der Waals surface area contributed by atoms with Gasteiger partial charge in [-0.25, -0.2) is 0 Å². The lowest BCUT2D eigenvalue weighted by atomic mass is 9.85. The molecule has 4 nitrogen and oxygen atoms in total. The second-order valence-electron chi connectivity index (χ2n) is 9.75. The van der Waals surface area contributed by atoms with Crippen LogP contribution in [0.4, 0.5) is 5.69 Å². The van der Waals surface area contributed by atoms with Gasteiger partial charge in [-0.15, -0.1) is 0 Å². The number of piperidine rings is 1. The third-order valence-electron chi connectivity index (χ3n) is 7.53. The Morgan fingerprint density at radius 2 is 1.69 bits per heavy atom. The molecule has 32 heavy (non-hydrogen) atoms. The quantitative estimate of drug-likeness (QED) is 0.578. The maximum Gasteiger partial charge on any atom is 0.234 e. The summed E-state index contributed by atoms with van der Waals surface area (Å²) in [5, 5.41) is 0. The molecular weight excluding hydrogens is 394 g/mol. The summed E-state index contributed by atoms with van der Waals surface area (Å²) in [6, 6.07) is 18.1. The minimum atomic E-state index is -0.119. The number of fused-ring (bicyclic) bond motifs is 1. The van der Waals surface area contributed by atoms with Crippen LogP contribution in [0.15, 0.2) is 48.5 Å². The number of nitrogens with zero attached hydrogens (tertiary/aromatic N) is 2. The first-order valence-electron chi connectivity index (χ1n) is 12.5. The van der Waals surface area contributed by atoms with Crippen molar-refractivity contribution in [2.24, 2.45) is 5.73 Å². The van der Waals surface area contributed by atoms with Crippen molar-refractivity contribution >= 4 is 11.6 Å². The number of hydrogen-bond donors (Lipinski definition) is 1. The highest BCUT2D eigenvalue weighted by atomic mass is 16.2. The summed E-state index contributed by atoms with van der Waals surface area (Å²) in [6.07, 6.45) is 8.21. The number of benzene rings is 2. The fourth-order valence-electron chi connectivity index (χ4n) is 5.65. The number of rotatable bonds is 8. The lowest BCUT2D eigenvalue weighted by Gasteiger charge is -2.39. The number of hydrogen-bond acceptors (Lipinski definition) is 3. The highest BCUT2D eigenvalue weighted by molar-refractivity contribution is 6.01. The number of carbonyl (C=O) groups excluding carboxylic acids is 1. The van der Waals surface area contributed by atoms with Crippen molar-refractivity contribution in [2.45, 2.75) is 83.3 Å². The molecule has 3 atom stereocenters. The zero-order chi connectivity index (χ0) is 22.5. The SMILES string of the molecule is C[C@@H]1CCC[C@H](C)N1CCCCCN1C(=O)C(c2cccc(CN)c2)Cc2ccccc21. The molecular formula is C28H39N3O. The molecule has 2 aromatic carbocycles. The summed E-state index contributed by atoms with van der Waals surface area (Å²) < 4.78 is 0. The standard InChI is InChI=1S/C28H39N3O/c1-21-10-8-11-22(2)30(21)16-6-3-7-17-31-27-15-5-4-13-25(27)19-26(28(31)32)24-14-9-12-23(18-24)20-29/h4-5,9,12-15,18,21-22,26H,3,6-8,10-11,16-17,19-20,29H2,1-2H3/t21-,22+,26?. The van der Waals surface area contributed by atoms with Crippen LogP contribution in [0, 0.1) is 0 Å². The Hall–Kier alpha value is -2.17. The van der Waals surface area contributed by atoms with Crippen molar-refractivity contribution in [3.63, 3.8) is 0 Å². The first kappa shape index (κ1) is 23.0. The van der Waals surface area contributed by atoms with Crippen molar-refractivity contribution in [1.29, 1.82) is 0 Å². The highest BCUT2D eigenvalue weighted by Crippen LogP contribution is 2.36. The van der Waals surface area contributed by atoms with E-state index in [2.05, 4.69) is 49.1 Å². The Balaban J connectivity index is 1.40. The summed E-state index contributed by atoms with van der Waals surface area (Å²) in [5.41, 5.74) is 10.4. The van der Waals surface area contributed by atoms with Gasteiger partial charge >= 0.3 is 0 Å². The summed E-state index contributed by atoms with van der Waals surface area (Å²) in [7, 11) is 0. The number of amides is 1. The van der Waals surface area contributed by atoms with Gasteiger partial charge in [-0.05, 0) is 75.3 Å². The van der Waals surface area contributed by atoms with Gasteiger partial charge in [0.25, 0.3) is 0 Å². The van der Waals surface area contributed by atoms with E-state index in [-0.39, 0.29) is 11.8 Å². The van der Waals surface area contributed by atoms with Crippen LogP contribution in [0.25, 0.3) is 0 Å². The summed E-state index contributed by atoms with van der Waals surface area (Å²) in [4.78, 5) is 18.3. The smallest absolute Gasteiger partial charge is 0.234 e. The van der Waals surface area contributed by atoms with Crippen LogP contribution in [0.5, 0.6) is 0 Å². The molecule has 4 heteroatoms. The topological polar surface area (TPSA) is 49.6 Å². The molecule has 0 saturated carbocycles. The monoisotopic (exact) mass is 433 g/mol. The molecule has 2 N–H and O–H groups in total. The summed E-state index contributed by atoms with van der Waals surface area (Å²) >= 11 is 0. The Kier molecular flexibility index (Phi) is 7.64. The van der Waals surface area contributed by atoms with E-state index in [4.69, 9.17) is 5.73 Å². The summed E-state index contributed by atoms with van der Waals surface area (Å²) in [5.74, 6) is 0.114. The predicted molar refractivity (Wildman–Crippen MR) is 133 cm³/mol. The lowest BCUT2D eigenvalue weighted by Crippen LogP contribution is -2.44. The molecule has 0 bridgehead atoms. The molecule has 172 valence electrons. The van der Waals surface area contributed by atoms with E-state index in [9.17, 15) is 4.79 Å². The van der Waals surface area contributed by atoms with Crippen molar-refractivity contribution in [3.05, 3.63) is 65.2 Å². The number of likely N-dealkylation sites (tertiary alicyclic amines) is 1. The summed E-state index contributed by atoms with van der Waals surface area (Å²) in [6.45, 7) is 7.23. The first-order valence-corrected chi connectivity index (χ1v) is 12.5. The molecule has 2 aromatic rings. The third kappa shape index (κ3) is 5.07. The molecule has 2 heterocycles. The Labute approximate surface area is 193 Å². The molecule has 0 aliphatic carbocycles. The molecule has 4 rings (SSSR count). The van der Waals surface area contributed by atoms with E-state index < -0.39 is 0 Å². The van der Waals surface area contributed by atoms with Crippen molar-refractivity contribution < 1.29 is 4.79 Å². The van der Waals surface area contributed by atoms with Crippen LogP contribution < -0.4 is 10.6 Å². The van der Waals surface area contributed by atoms with E-state index in [1.54, 1.807) is 0 Å². The van der Waals surface area contributed by atoms with Gasteiger partial charge in [0.1, 0.15) is 0 Å². The lowest BCUT2D eigenvalue weighted by molar-refractivity contribution is -0.120. The number of unbranched alkanes of at least 4 members (excludes halogenated alkanes) is 2. The van der Waals surface area contributed by atoms with Crippen LogP contribution in [0.1, 0.15) is 75.0 Å². The Morgan fingerprint density at radius 3 is 2.47 bits per heavy atom. The van der Waals surface area contributed by atoms with Crippen molar-refractivity contribution in [1.82, 2.24) is 4.90 Å². The number of nitrogens with two attached hydrogens (primary N) is 1. The van der Waals surface area contributed by atoms with Gasteiger partial charge in [0.15, 0.2) is 0 Å². The predicted octanol–water partition coefficient (Wildman–Crippen LogP) is 5.25. The number of para-hydroxylation sites is 1. The second kappa shape index (κ2) is 10.6. The molecule has 0 spiro atoms. The van der Waals surface area contributed by atoms with Crippen LogP contribution in [0.3, 0.4) is 0 Å². The Morgan fingerprint density at radius 1 is 0.938 bits per heavy atom. The number of carbonyl (C=O) groups is 1.